The molecule has 2 aromatic heterocycles. The summed E-state index contributed by atoms with van der Waals surface area (Å²) in [7, 11) is 0. The van der Waals surface area contributed by atoms with Crippen LogP contribution in [0.2, 0.25) is 0 Å². The van der Waals surface area contributed by atoms with Crippen LogP contribution < -0.4 is 0 Å². The Bertz CT molecular complexity index is 1090. The lowest BCUT2D eigenvalue weighted by Crippen LogP contribution is -2.25. The molecule has 7 heteroatoms. The predicted octanol–water partition coefficient (Wildman–Crippen LogP) is 3.73. The molecule has 2 atom stereocenters. The van der Waals surface area contributed by atoms with Gasteiger partial charge in [-0.1, -0.05) is 36.4 Å². The van der Waals surface area contributed by atoms with Crippen LogP contribution in [-0.2, 0) is 9.47 Å². The van der Waals surface area contributed by atoms with E-state index in [4.69, 9.17) is 19.1 Å². The molecule has 0 N–H and O–H groups in total. The Morgan fingerprint density at radius 2 is 1.89 bits per heavy atom. The van der Waals surface area contributed by atoms with E-state index in [1.807, 2.05) is 49.6 Å². The van der Waals surface area contributed by atoms with Gasteiger partial charge in [-0.15, -0.1) is 0 Å². The van der Waals surface area contributed by atoms with Gasteiger partial charge in [-0.05, 0) is 29.4 Å². The highest BCUT2D eigenvalue weighted by Crippen LogP contribution is 2.36. The van der Waals surface area contributed by atoms with Crippen LogP contribution in [0.15, 0.2) is 59.5 Å². The Kier molecular flexibility index (Phi) is 4.38. The lowest BCUT2D eigenvalue weighted by Gasteiger charge is -2.21. The van der Waals surface area contributed by atoms with Gasteiger partial charge in [-0.25, -0.2) is 9.61 Å². The second kappa shape index (κ2) is 7.18. The highest BCUT2D eigenvalue weighted by atomic mass is 16.6. The maximum absolute atomic E-state index is 5.92. The van der Waals surface area contributed by atoms with Crippen molar-refractivity contribution in [2.45, 2.75) is 19.1 Å². The molecular formula is C21H20N4O3. The Labute approximate surface area is 161 Å². The molecule has 1 saturated heterocycles. The van der Waals surface area contributed by atoms with Gasteiger partial charge in [0.2, 0.25) is 0 Å². The molecule has 2 aromatic carbocycles. The van der Waals surface area contributed by atoms with Crippen LogP contribution >= 0.6 is 0 Å². The Balaban J connectivity index is 1.68. The van der Waals surface area contributed by atoms with Crippen LogP contribution in [0.3, 0.4) is 0 Å². The van der Waals surface area contributed by atoms with E-state index in [0.29, 0.717) is 25.3 Å². The zero-order valence-electron chi connectivity index (χ0n) is 15.5. The Morgan fingerprint density at radius 1 is 1.04 bits per heavy atom. The number of ether oxygens (including phenoxy) is 2. The van der Waals surface area contributed by atoms with Crippen LogP contribution in [0.5, 0.6) is 0 Å². The van der Waals surface area contributed by atoms with Crippen molar-refractivity contribution >= 4 is 11.0 Å². The standard InChI is InChI=1S/C21H20N4O3/c1-2-27-19-12-26-11-18(19)25-13-22-20(14-6-4-3-5-7-14)21(25)15-8-9-16-17(10-15)24-28-23-16/h3-10,13,18-19H,2,11-12H2,1H3/t18-,19-/m1/s1. The number of benzene rings is 2. The summed E-state index contributed by atoms with van der Waals surface area (Å²) in [5.41, 5.74) is 5.43. The average Bonchev–Trinajstić information content (AvgIpc) is 3.47. The van der Waals surface area contributed by atoms with E-state index in [-0.39, 0.29) is 12.1 Å². The molecule has 4 aromatic rings. The highest BCUT2D eigenvalue weighted by molar-refractivity contribution is 5.85. The summed E-state index contributed by atoms with van der Waals surface area (Å²) >= 11 is 0. The van der Waals surface area contributed by atoms with E-state index in [9.17, 15) is 0 Å². The molecule has 0 amide bonds. The molecule has 7 nitrogen and oxygen atoms in total. The van der Waals surface area contributed by atoms with Crippen LogP contribution in [0.1, 0.15) is 13.0 Å². The third-order valence-corrected chi connectivity index (χ3v) is 5.11. The number of rotatable bonds is 5. The van der Waals surface area contributed by atoms with Gasteiger partial charge in [0, 0.05) is 17.7 Å². The summed E-state index contributed by atoms with van der Waals surface area (Å²) in [5.74, 6) is 0. The minimum atomic E-state index is -0.000906. The van der Waals surface area contributed by atoms with Crippen LogP contribution in [0, 0.1) is 0 Å². The predicted molar refractivity (Wildman–Crippen MR) is 104 cm³/mol. The monoisotopic (exact) mass is 376 g/mol. The van der Waals surface area contributed by atoms with Gasteiger partial charge in [-0.3, -0.25) is 0 Å². The average molecular weight is 376 g/mol. The van der Waals surface area contributed by atoms with Crippen LogP contribution in [0.25, 0.3) is 33.5 Å². The molecule has 0 saturated carbocycles. The molecule has 1 aliphatic heterocycles. The van der Waals surface area contributed by atoms with Crippen molar-refractivity contribution < 1.29 is 14.1 Å². The third-order valence-electron chi connectivity index (χ3n) is 5.11. The fourth-order valence-electron chi connectivity index (χ4n) is 3.79. The molecule has 0 unspecified atom stereocenters. The second-order valence-corrected chi connectivity index (χ2v) is 6.78. The normalized spacial score (nSPS) is 19.5. The summed E-state index contributed by atoms with van der Waals surface area (Å²) < 4.78 is 18.7. The Morgan fingerprint density at radius 3 is 2.75 bits per heavy atom. The van der Waals surface area contributed by atoms with E-state index < -0.39 is 0 Å². The zero-order chi connectivity index (χ0) is 18.9. The van der Waals surface area contributed by atoms with Crippen molar-refractivity contribution in [1.82, 2.24) is 19.9 Å². The van der Waals surface area contributed by atoms with Crippen molar-refractivity contribution in [2.75, 3.05) is 19.8 Å². The SMILES string of the molecule is CCO[C@@H]1COC[C@H]1n1cnc(-c2ccccc2)c1-c1ccc2nonc2c1. The molecule has 142 valence electrons. The minimum Gasteiger partial charge on any atom is -0.376 e. The fourth-order valence-corrected chi connectivity index (χ4v) is 3.79. The van der Waals surface area contributed by atoms with E-state index in [2.05, 4.69) is 27.0 Å². The molecule has 0 spiro atoms. The van der Waals surface area contributed by atoms with Gasteiger partial charge in [0.25, 0.3) is 0 Å². The first-order chi connectivity index (χ1) is 13.8. The number of hydrogen-bond acceptors (Lipinski definition) is 6. The first-order valence-corrected chi connectivity index (χ1v) is 9.39. The van der Waals surface area contributed by atoms with Gasteiger partial charge in [-0.2, -0.15) is 0 Å². The number of imidazole rings is 1. The van der Waals surface area contributed by atoms with Crippen molar-refractivity contribution in [3.05, 3.63) is 54.9 Å². The molecule has 28 heavy (non-hydrogen) atoms. The largest absolute Gasteiger partial charge is 0.376 e. The molecular weight excluding hydrogens is 356 g/mol. The summed E-state index contributed by atoms with van der Waals surface area (Å²) in [5, 5.41) is 7.91. The third kappa shape index (κ3) is 2.89. The van der Waals surface area contributed by atoms with E-state index in [1.165, 1.54) is 0 Å². The molecule has 0 bridgehead atoms. The number of fused-ring (bicyclic) bond motifs is 1. The first kappa shape index (κ1) is 17.1. The van der Waals surface area contributed by atoms with Crippen molar-refractivity contribution in [2.24, 2.45) is 0 Å². The van der Waals surface area contributed by atoms with Gasteiger partial charge in [0.1, 0.15) is 17.1 Å². The second-order valence-electron chi connectivity index (χ2n) is 6.78. The Hall–Kier alpha value is -3.03. The summed E-state index contributed by atoms with van der Waals surface area (Å²) in [4.78, 5) is 4.76. The number of aromatic nitrogens is 4. The molecule has 5 rings (SSSR count). The molecule has 1 fully saturated rings. The smallest absolute Gasteiger partial charge is 0.135 e. The first-order valence-electron chi connectivity index (χ1n) is 9.39. The van der Waals surface area contributed by atoms with E-state index in [1.54, 1.807) is 0 Å². The topological polar surface area (TPSA) is 75.2 Å². The van der Waals surface area contributed by atoms with Crippen LogP contribution in [0.4, 0.5) is 0 Å². The molecule has 1 aliphatic rings. The number of hydrogen-bond donors (Lipinski definition) is 0. The maximum atomic E-state index is 5.92. The summed E-state index contributed by atoms with van der Waals surface area (Å²) in [6, 6.07) is 16.2. The lowest BCUT2D eigenvalue weighted by molar-refractivity contribution is 0.0364. The van der Waals surface area contributed by atoms with Gasteiger partial charge in [0.05, 0.1) is 37.0 Å². The van der Waals surface area contributed by atoms with Crippen molar-refractivity contribution in [1.29, 1.82) is 0 Å². The molecule has 0 aliphatic carbocycles. The molecule has 0 radical (unpaired) electrons. The highest BCUT2D eigenvalue weighted by Gasteiger charge is 2.33. The number of nitrogens with zero attached hydrogens (tertiary/aromatic N) is 4. The van der Waals surface area contributed by atoms with Gasteiger partial charge >= 0.3 is 0 Å². The summed E-state index contributed by atoms with van der Waals surface area (Å²) in [6.07, 6.45) is 1.88. The maximum Gasteiger partial charge on any atom is 0.135 e. The zero-order valence-corrected chi connectivity index (χ0v) is 15.5. The van der Waals surface area contributed by atoms with Gasteiger partial charge in [0.15, 0.2) is 0 Å². The van der Waals surface area contributed by atoms with Gasteiger partial charge < -0.3 is 14.0 Å². The lowest BCUT2D eigenvalue weighted by atomic mass is 10.0. The van der Waals surface area contributed by atoms with E-state index >= 15 is 0 Å². The van der Waals surface area contributed by atoms with Crippen LogP contribution in [-0.4, -0.2) is 45.8 Å². The summed E-state index contributed by atoms with van der Waals surface area (Å²) in [6.45, 7) is 3.83. The van der Waals surface area contributed by atoms with E-state index in [0.717, 1.165) is 28.0 Å². The quantitative estimate of drug-likeness (QED) is 0.528. The van der Waals surface area contributed by atoms with Crippen molar-refractivity contribution in [3.8, 4) is 22.5 Å². The van der Waals surface area contributed by atoms with Crippen molar-refractivity contribution in [3.63, 3.8) is 0 Å². The minimum absolute atomic E-state index is 0.000906. The molecule has 3 heterocycles. The fraction of sp³-hybridized carbons (Fsp3) is 0.286.